The summed E-state index contributed by atoms with van der Waals surface area (Å²) < 4.78 is 0. The van der Waals surface area contributed by atoms with Crippen molar-refractivity contribution in [3.8, 4) is 12.3 Å². The van der Waals surface area contributed by atoms with Gasteiger partial charge in [-0.2, -0.15) is 0 Å². The molecule has 2 N–H and O–H groups in total. The predicted molar refractivity (Wildman–Crippen MR) is 69.8 cm³/mol. The highest BCUT2D eigenvalue weighted by Gasteiger charge is 2.42. The predicted octanol–water partition coefficient (Wildman–Crippen LogP) is 0.363. The molecule has 0 aromatic heterocycles. The molecular formula is C14H22N2O2. The van der Waals surface area contributed by atoms with Gasteiger partial charge >= 0.3 is 0 Å². The summed E-state index contributed by atoms with van der Waals surface area (Å²) in [6.07, 6.45) is 10.2. The van der Waals surface area contributed by atoms with Gasteiger partial charge in [0, 0.05) is 19.0 Å². The Kier molecular flexibility index (Phi) is 4.26. The fourth-order valence-corrected chi connectivity index (χ4v) is 3.19. The van der Waals surface area contributed by atoms with Gasteiger partial charge in [-0.05, 0) is 19.3 Å². The highest BCUT2D eigenvalue weighted by atomic mass is 16.3. The lowest BCUT2D eigenvalue weighted by Crippen LogP contribution is -2.54. The largest absolute Gasteiger partial charge is 0.390 e. The summed E-state index contributed by atoms with van der Waals surface area (Å²) >= 11 is 0. The van der Waals surface area contributed by atoms with Gasteiger partial charge < -0.3 is 10.4 Å². The normalized spacial score (nSPS) is 32.3. The summed E-state index contributed by atoms with van der Waals surface area (Å²) in [4.78, 5) is 13.7. The summed E-state index contributed by atoms with van der Waals surface area (Å²) in [5.41, 5.74) is -0.468. The van der Waals surface area contributed by atoms with Crippen molar-refractivity contribution in [3.05, 3.63) is 0 Å². The van der Waals surface area contributed by atoms with E-state index in [4.69, 9.17) is 6.42 Å². The molecule has 2 atom stereocenters. The maximum atomic E-state index is 11.6. The van der Waals surface area contributed by atoms with Crippen molar-refractivity contribution in [2.24, 2.45) is 5.92 Å². The Morgan fingerprint density at radius 3 is 3.11 bits per heavy atom. The second-order valence-electron chi connectivity index (χ2n) is 5.51. The lowest BCUT2D eigenvalue weighted by molar-refractivity contribution is -0.127. The minimum Gasteiger partial charge on any atom is -0.390 e. The van der Waals surface area contributed by atoms with E-state index in [0.717, 1.165) is 38.8 Å². The molecule has 100 valence electrons. The van der Waals surface area contributed by atoms with Crippen molar-refractivity contribution in [1.29, 1.82) is 0 Å². The zero-order valence-electron chi connectivity index (χ0n) is 10.8. The Morgan fingerprint density at radius 2 is 2.33 bits per heavy atom. The van der Waals surface area contributed by atoms with Gasteiger partial charge in [0.1, 0.15) is 0 Å². The first kappa shape index (κ1) is 13.4. The van der Waals surface area contributed by atoms with Crippen molar-refractivity contribution in [3.63, 3.8) is 0 Å². The van der Waals surface area contributed by atoms with E-state index in [1.165, 1.54) is 6.42 Å². The topological polar surface area (TPSA) is 52.6 Å². The monoisotopic (exact) mass is 250 g/mol. The number of fused-ring (bicyclic) bond motifs is 1. The van der Waals surface area contributed by atoms with E-state index < -0.39 is 5.60 Å². The summed E-state index contributed by atoms with van der Waals surface area (Å²) in [6, 6.07) is 0. The Morgan fingerprint density at radius 1 is 1.50 bits per heavy atom. The van der Waals surface area contributed by atoms with E-state index >= 15 is 0 Å². The molecule has 1 saturated carbocycles. The Bertz CT molecular complexity index is 350. The molecule has 1 saturated heterocycles. The Hall–Kier alpha value is -1.05. The number of amides is 1. The summed E-state index contributed by atoms with van der Waals surface area (Å²) in [5.74, 6) is 2.71. The molecule has 4 heteroatoms. The SMILES string of the molecule is C#CCNC(=O)CN1CCC2(O)CCCCC2C1. The molecule has 1 heterocycles. The lowest BCUT2D eigenvalue weighted by Gasteiger charge is -2.47. The van der Waals surface area contributed by atoms with E-state index in [1.54, 1.807) is 0 Å². The Balaban J connectivity index is 1.83. The van der Waals surface area contributed by atoms with E-state index in [9.17, 15) is 9.90 Å². The average Bonchev–Trinajstić information content (AvgIpc) is 2.36. The highest BCUT2D eigenvalue weighted by Crippen LogP contribution is 2.39. The number of nitrogens with one attached hydrogen (secondary N) is 1. The van der Waals surface area contributed by atoms with Crippen LogP contribution in [0.15, 0.2) is 0 Å². The molecule has 18 heavy (non-hydrogen) atoms. The third-order valence-electron chi connectivity index (χ3n) is 4.27. The van der Waals surface area contributed by atoms with Gasteiger partial charge in [-0.25, -0.2) is 0 Å². The van der Waals surface area contributed by atoms with Crippen molar-refractivity contribution >= 4 is 5.91 Å². The van der Waals surface area contributed by atoms with Crippen LogP contribution in [0.1, 0.15) is 32.1 Å². The second kappa shape index (κ2) is 5.73. The molecule has 0 radical (unpaired) electrons. The van der Waals surface area contributed by atoms with Crippen LogP contribution in [-0.4, -0.2) is 47.7 Å². The first-order valence-corrected chi connectivity index (χ1v) is 6.79. The van der Waals surface area contributed by atoms with Crippen LogP contribution >= 0.6 is 0 Å². The summed E-state index contributed by atoms with van der Waals surface area (Å²) in [6.45, 7) is 2.32. The molecule has 1 aliphatic heterocycles. The van der Waals surface area contributed by atoms with Crippen LogP contribution in [0.5, 0.6) is 0 Å². The third kappa shape index (κ3) is 3.04. The van der Waals surface area contributed by atoms with Crippen LogP contribution in [0.3, 0.4) is 0 Å². The number of carbonyl (C=O) groups excluding carboxylic acids is 1. The summed E-state index contributed by atoms with van der Waals surface area (Å²) in [5, 5.41) is 13.2. The standard InChI is InChI=1S/C14H22N2O2/c1-2-8-15-13(17)11-16-9-7-14(18)6-4-3-5-12(14)10-16/h1,12,18H,3-11H2,(H,15,17). The lowest BCUT2D eigenvalue weighted by atomic mass is 9.71. The highest BCUT2D eigenvalue weighted by molar-refractivity contribution is 5.78. The van der Waals surface area contributed by atoms with E-state index in [-0.39, 0.29) is 5.91 Å². The molecule has 2 aliphatic rings. The quantitative estimate of drug-likeness (QED) is 0.711. The summed E-state index contributed by atoms with van der Waals surface area (Å²) in [7, 11) is 0. The molecule has 2 rings (SSSR count). The van der Waals surface area contributed by atoms with Crippen molar-refractivity contribution in [2.45, 2.75) is 37.7 Å². The third-order valence-corrected chi connectivity index (χ3v) is 4.27. The minimum atomic E-state index is -0.468. The Labute approximate surface area is 109 Å². The van der Waals surface area contributed by atoms with Crippen molar-refractivity contribution in [1.82, 2.24) is 10.2 Å². The maximum Gasteiger partial charge on any atom is 0.234 e. The minimum absolute atomic E-state index is 0.0193. The molecule has 2 fully saturated rings. The molecule has 1 aliphatic carbocycles. The van der Waals surface area contributed by atoms with Crippen LogP contribution in [-0.2, 0) is 4.79 Å². The van der Waals surface area contributed by atoms with Crippen LogP contribution in [0.2, 0.25) is 0 Å². The number of carbonyl (C=O) groups is 1. The number of piperidine rings is 1. The van der Waals surface area contributed by atoms with Gasteiger partial charge in [0.25, 0.3) is 0 Å². The first-order valence-electron chi connectivity index (χ1n) is 6.79. The average molecular weight is 250 g/mol. The van der Waals surface area contributed by atoms with Gasteiger partial charge in [-0.3, -0.25) is 9.69 Å². The van der Waals surface area contributed by atoms with Gasteiger partial charge in [0.2, 0.25) is 5.91 Å². The van der Waals surface area contributed by atoms with Gasteiger partial charge in [-0.15, -0.1) is 6.42 Å². The van der Waals surface area contributed by atoms with Crippen LogP contribution in [0.25, 0.3) is 0 Å². The molecule has 0 aromatic rings. The fraction of sp³-hybridized carbons (Fsp3) is 0.786. The van der Waals surface area contributed by atoms with E-state index in [2.05, 4.69) is 16.1 Å². The van der Waals surface area contributed by atoms with Crippen LogP contribution < -0.4 is 5.32 Å². The number of aliphatic hydroxyl groups is 1. The van der Waals surface area contributed by atoms with Gasteiger partial charge in [0.15, 0.2) is 0 Å². The molecule has 0 bridgehead atoms. The van der Waals surface area contributed by atoms with Crippen molar-refractivity contribution in [2.75, 3.05) is 26.2 Å². The number of rotatable bonds is 3. The number of likely N-dealkylation sites (tertiary alicyclic amines) is 1. The second-order valence-corrected chi connectivity index (χ2v) is 5.51. The molecule has 0 spiro atoms. The molecule has 4 nitrogen and oxygen atoms in total. The zero-order valence-corrected chi connectivity index (χ0v) is 10.8. The molecule has 2 unspecified atom stereocenters. The van der Waals surface area contributed by atoms with E-state index in [0.29, 0.717) is 19.0 Å². The zero-order chi connectivity index (χ0) is 13.0. The first-order chi connectivity index (χ1) is 8.64. The number of terminal acetylenes is 1. The maximum absolute atomic E-state index is 11.6. The molecule has 1 amide bonds. The number of nitrogens with zero attached hydrogens (tertiary/aromatic N) is 1. The van der Waals surface area contributed by atoms with E-state index in [1.807, 2.05) is 0 Å². The fourth-order valence-electron chi connectivity index (χ4n) is 3.19. The number of hydrogen-bond donors (Lipinski definition) is 2. The van der Waals surface area contributed by atoms with Crippen molar-refractivity contribution < 1.29 is 9.90 Å². The van der Waals surface area contributed by atoms with Crippen LogP contribution in [0.4, 0.5) is 0 Å². The van der Waals surface area contributed by atoms with Gasteiger partial charge in [-0.1, -0.05) is 18.8 Å². The number of hydrogen-bond acceptors (Lipinski definition) is 3. The smallest absolute Gasteiger partial charge is 0.234 e. The van der Waals surface area contributed by atoms with Crippen LogP contribution in [0, 0.1) is 18.3 Å². The van der Waals surface area contributed by atoms with Gasteiger partial charge in [0.05, 0.1) is 18.7 Å². The molecular weight excluding hydrogens is 228 g/mol. The molecule has 0 aromatic carbocycles.